The SMILES string of the molecule is [2H][C@]1(O)C[C@@]2(C)C(CC[C@@H]2C2(C)OCCO2)C2CC=C3CC(O)CC[C@]3(C)C21. The van der Waals surface area contributed by atoms with Crippen LogP contribution in [0, 0.1) is 34.5 Å². The molecule has 4 heteroatoms. The van der Waals surface area contributed by atoms with Crippen LogP contribution in [0.25, 0.3) is 0 Å². The van der Waals surface area contributed by atoms with E-state index in [1.165, 1.54) is 5.57 Å². The number of aliphatic hydroxyl groups is 2. The van der Waals surface area contributed by atoms with Crippen LogP contribution in [0.4, 0.5) is 0 Å². The van der Waals surface area contributed by atoms with E-state index in [0.717, 1.165) is 32.1 Å². The fourth-order valence-electron chi connectivity index (χ4n) is 8.10. The van der Waals surface area contributed by atoms with Crippen molar-refractivity contribution in [1.82, 2.24) is 0 Å². The highest BCUT2D eigenvalue weighted by Crippen LogP contribution is 2.68. The zero-order valence-electron chi connectivity index (χ0n) is 18.0. The summed E-state index contributed by atoms with van der Waals surface area (Å²) in [5, 5.41) is 21.8. The van der Waals surface area contributed by atoms with Gasteiger partial charge in [-0.05, 0) is 80.5 Å². The summed E-state index contributed by atoms with van der Waals surface area (Å²) < 4.78 is 21.2. The minimum atomic E-state index is -1.45. The van der Waals surface area contributed by atoms with E-state index < -0.39 is 11.9 Å². The quantitative estimate of drug-likeness (QED) is 0.685. The summed E-state index contributed by atoms with van der Waals surface area (Å²) in [4.78, 5) is 0. The van der Waals surface area contributed by atoms with Crippen LogP contribution in [0.5, 0.6) is 0 Å². The summed E-state index contributed by atoms with van der Waals surface area (Å²) in [7, 11) is 0. The summed E-state index contributed by atoms with van der Waals surface area (Å²) in [5.41, 5.74) is 0.973. The number of allylic oxidation sites excluding steroid dienone is 1. The average Bonchev–Trinajstić information content (AvgIpc) is 3.18. The molecule has 4 fully saturated rings. The molecule has 1 saturated heterocycles. The normalized spacial score (nSPS) is 57.3. The van der Waals surface area contributed by atoms with Crippen LogP contribution in [0.2, 0.25) is 0 Å². The molecule has 3 saturated carbocycles. The van der Waals surface area contributed by atoms with Gasteiger partial charge in [0.05, 0.1) is 26.8 Å². The molecular weight excluding hydrogens is 340 g/mol. The Labute approximate surface area is 164 Å². The minimum absolute atomic E-state index is 0.0532. The zero-order valence-corrected chi connectivity index (χ0v) is 17.0. The van der Waals surface area contributed by atoms with Crippen LogP contribution in [0.1, 0.15) is 67.1 Å². The molecule has 152 valence electrons. The van der Waals surface area contributed by atoms with Crippen molar-refractivity contribution in [3.05, 3.63) is 11.6 Å². The van der Waals surface area contributed by atoms with E-state index in [1.807, 2.05) is 0 Å². The first-order valence-corrected chi connectivity index (χ1v) is 11.0. The van der Waals surface area contributed by atoms with E-state index >= 15 is 0 Å². The summed E-state index contributed by atoms with van der Waals surface area (Å²) in [5.74, 6) is 0.389. The molecule has 5 aliphatic rings. The Bertz CT molecular complexity index is 684. The molecule has 0 aromatic rings. The second-order valence-electron chi connectivity index (χ2n) is 10.5. The Balaban J connectivity index is 1.54. The van der Waals surface area contributed by atoms with Gasteiger partial charge in [0, 0.05) is 5.92 Å². The molecule has 0 radical (unpaired) electrons. The monoisotopic (exact) mass is 377 g/mol. The van der Waals surface area contributed by atoms with Gasteiger partial charge in [-0.2, -0.15) is 0 Å². The molecule has 0 aromatic heterocycles. The Kier molecular flexibility index (Phi) is 3.90. The molecule has 0 aromatic carbocycles. The van der Waals surface area contributed by atoms with Crippen molar-refractivity contribution >= 4 is 0 Å². The zero-order chi connectivity index (χ0) is 19.9. The molecule has 8 atom stereocenters. The second kappa shape index (κ2) is 6.04. The third kappa shape index (κ3) is 2.49. The van der Waals surface area contributed by atoms with Gasteiger partial charge < -0.3 is 19.7 Å². The maximum atomic E-state index is 11.6. The van der Waals surface area contributed by atoms with Crippen molar-refractivity contribution in [3.8, 4) is 0 Å². The van der Waals surface area contributed by atoms with Crippen LogP contribution in [-0.2, 0) is 9.47 Å². The predicted molar refractivity (Wildman–Crippen MR) is 103 cm³/mol. The van der Waals surface area contributed by atoms with E-state index in [0.29, 0.717) is 37.9 Å². The van der Waals surface area contributed by atoms with Gasteiger partial charge in [0.1, 0.15) is 0 Å². The highest BCUT2D eigenvalue weighted by Gasteiger charge is 2.65. The highest BCUT2D eigenvalue weighted by molar-refractivity contribution is 5.26. The topological polar surface area (TPSA) is 58.9 Å². The molecule has 0 amide bonds. The van der Waals surface area contributed by atoms with Crippen LogP contribution < -0.4 is 0 Å². The first-order valence-electron chi connectivity index (χ1n) is 11.5. The number of ether oxygens (including phenoxy) is 2. The van der Waals surface area contributed by atoms with E-state index in [4.69, 9.17) is 10.8 Å². The number of aliphatic hydroxyl groups excluding tert-OH is 1. The summed E-state index contributed by atoms with van der Waals surface area (Å²) in [6.07, 6.45) is 6.57. The third-order valence-corrected chi connectivity index (χ3v) is 9.28. The van der Waals surface area contributed by atoms with Gasteiger partial charge in [-0.25, -0.2) is 0 Å². The minimum Gasteiger partial charge on any atom is -0.393 e. The number of hydrogen-bond acceptors (Lipinski definition) is 4. The molecule has 4 unspecified atom stereocenters. The molecule has 0 spiro atoms. The Hall–Kier alpha value is -0.420. The van der Waals surface area contributed by atoms with Gasteiger partial charge in [-0.3, -0.25) is 0 Å². The molecule has 1 heterocycles. The van der Waals surface area contributed by atoms with Crippen LogP contribution in [0.3, 0.4) is 0 Å². The van der Waals surface area contributed by atoms with Gasteiger partial charge >= 0.3 is 0 Å². The van der Waals surface area contributed by atoms with Gasteiger partial charge in [-0.1, -0.05) is 25.5 Å². The molecule has 2 N–H and O–H groups in total. The molecule has 4 aliphatic carbocycles. The predicted octanol–water partition coefficient (Wildman–Crippen LogP) is 3.66. The van der Waals surface area contributed by atoms with Crippen molar-refractivity contribution in [3.63, 3.8) is 0 Å². The smallest absolute Gasteiger partial charge is 0.169 e. The Morgan fingerprint density at radius 3 is 2.59 bits per heavy atom. The van der Waals surface area contributed by atoms with E-state index in [9.17, 15) is 10.2 Å². The molecule has 27 heavy (non-hydrogen) atoms. The van der Waals surface area contributed by atoms with Crippen molar-refractivity contribution in [2.45, 2.75) is 83.7 Å². The van der Waals surface area contributed by atoms with Crippen LogP contribution in [0.15, 0.2) is 11.6 Å². The van der Waals surface area contributed by atoms with Gasteiger partial charge in [0.25, 0.3) is 0 Å². The van der Waals surface area contributed by atoms with E-state index in [2.05, 4.69) is 26.8 Å². The van der Waals surface area contributed by atoms with Crippen molar-refractivity contribution in [2.75, 3.05) is 13.2 Å². The number of hydrogen-bond donors (Lipinski definition) is 2. The molecule has 0 bridgehead atoms. The summed E-state index contributed by atoms with van der Waals surface area (Å²) >= 11 is 0. The van der Waals surface area contributed by atoms with Crippen molar-refractivity contribution in [1.29, 1.82) is 0 Å². The molecular formula is C23H36O4. The third-order valence-electron chi connectivity index (χ3n) is 9.28. The number of fused-ring (bicyclic) bond motifs is 5. The maximum absolute atomic E-state index is 11.6. The molecule has 5 rings (SSSR count). The fourth-order valence-corrected chi connectivity index (χ4v) is 8.10. The lowest BCUT2D eigenvalue weighted by atomic mass is 9.46. The largest absolute Gasteiger partial charge is 0.393 e. The van der Waals surface area contributed by atoms with Crippen LogP contribution >= 0.6 is 0 Å². The van der Waals surface area contributed by atoms with Gasteiger partial charge in [-0.15, -0.1) is 0 Å². The Morgan fingerprint density at radius 1 is 1.11 bits per heavy atom. The first-order chi connectivity index (χ1) is 13.1. The number of rotatable bonds is 1. The first kappa shape index (κ1) is 17.4. The van der Waals surface area contributed by atoms with Crippen molar-refractivity contribution < 1.29 is 21.1 Å². The Morgan fingerprint density at radius 2 is 1.85 bits per heavy atom. The van der Waals surface area contributed by atoms with E-state index in [-0.39, 0.29) is 28.8 Å². The standard InChI is InChI=1S/C23H36O4/c1-21-9-8-15(24)12-14(21)4-5-16-17-6-7-19(23(3)26-10-11-27-23)22(17,2)13-18(25)20(16)21/h4,15-20,24-25H,5-13H2,1-3H3/t15?,16?,17?,18-,19-,20?,21-,22-/m0/s1/i18D. The highest BCUT2D eigenvalue weighted by atomic mass is 16.7. The lowest BCUT2D eigenvalue weighted by Gasteiger charge is -2.60. The summed E-state index contributed by atoms with van der Waals surface area (Å²) in [6.45, 7) is 7.87. The van der Waals surface area contributed by atoms with Gasteiger partial charge in [0.2, 0.25) is 0 Å². The molecule has 1 aliphatic heterocycles. The lowest BCUT2D eigenvalue weighted by molar-refractivity contribution is -0.223. The van der Waals surface area contributed by atoms with E-state index in [1.54, 1.807) is 0 Å². The average molecular weight is 378 g/mol. The summed E-state index contributed by atoms with van der Waals surface area (Å²) in [6, 6.07) is 0. The lowest BCUT2D eigenvalue weighted by Crippen LogP contribution is -2.58. The van der Waals surface area contributed by atoms with Gasteiger partial charge in [0.15, 0.2) is 5.79 Å². The van der Waals surface area contributed by atoms with Crippen LogP contribution in [-0.4, -0.2) is 41.4 Å². The molecule has 4 nitrogen and oxygen atoms in total. The maximum Gasteiger partial charge on any atom is 0.169 e. The second-order valence-corrected chi connectivity index (χ2v) is 10.5. The fraction of sp³-hybridized carbons (Fsp3) is 0.913. The van der Waals surface area contributed by atoms with Crippen molar-refractivity contribution in [2.24, 2.45) is 34.5 Å².